The van der Waals surface area contributed by atoms with Gasteiger partial charge in [-0.3, -0.25) is 9.20 Å². The molecule has 0 aromatic carbocycles. The molecule has 5 nitrogen and oxygen atoms in total. The fraction of sp³-hybridized carbons (Fsp3) is 0.500. The topological polar surface area (TPSA) is 59.3 Å². The number of pyridine rings is 1. The van der Waals surface area contributed by atoms with Gasteiger partial charge in [0.15, 0.2) is 11.5 Å². The second-order valence-electron chi connectivity index (χ2n) is 4.99. The van der Waals surface area contributed by atoms with E-state index >= 15 is 0 Å². The van der Waals surface area contributed by atoms with Crippen molar-refractivity contribution in [2.45, 2.75) is 45.3 Å². The molecule has 2 rings (SSSR count). The van der Waals surface area contributed by atoms with Crippen LogP contribution in [0.1, 0.15) is 44.0 Å². The zero-order chi connectivity index (χ0) is 16.2. The van der Waals surface area contributed by atoms with Crippen LogP contribution in [0, 0.1) is 0 Å². The number of amides is 1. The van der Waals surface area contributed by atoms with Gasteiger partial charge in [-0.25, -0.2) is 0 Å². The van der Waals surface area contributed by atoms with Gasteiger partial charge in [0.25, 0.3) is 0 Å². The number of rotatable bonds is 6. The van der Waals surface area contributed by atoms with Crippen LogP contribution in [-0.2, 0) is 17.5 Å². The van der Waals surface area contributed by atoms with Crippen LogP contribution in [0.25, 0.3) is 5.65 Å². The van der Waals surface area contributed by atoms with Crippen molar-refractivity contribution in [3.8, 4) is 0 Å². The van der Waals surface area contributed by atoms with Gasteiger partial charge in [0, 0.05) is 12.6 Å². The summed E-state index contributed by atoms with van der Waals surface area (Å²) < 4.78 is 39.4. The molecule has 0 bridgehead atoms. The highest BCUT2D eigenvalue weighted by atomic mass is 19.4. The average Bonchev–Trinajstić information content (AvgIpc) is 2.87. The zero-order valence-electron chi connectivity index (χ0n) is 12.2. The first kappa shape index (κ1) is 16.3. The molecule has 1 N–H and O–H groups in total. The standard InChI is InChI=1S/C14H17F3N4O/c1-2-3-4-5-13(22)18-8-12-20-19-11-7-6-10(9-21(11)12)14(15,16)17/h6-7,9H,2-5,8H2,1H3,(H,18,22). The Morgan fingerprint density at radius 3 is 2.73 bits per heavy atom. The lowest BCUT2D eigenvalue weighted by Crippen LogP contribution is -2.23. The van der Waals surface area contributed by atoms with Crippen molar-refractivity contribution in [2.75, 3.05) is 0 Å². The molecule has 0 aliphatic rings. The van der Waals surface area contributed by atoms with Crippen LogP contribution in [-0.4, -0.2) is 20.5 Å². The summed E-state index contributed by atoms with van der Waals surface area (Å²) in [4.78, 5) is 11.6. The Morgan fingerprint density at radius 1 is 1.27 bits per heavy atom. The van der Waals surface area contributed by atoms with E-state index in [0.29, 0.717) is 12.1 Å². The minimum absolute atomic E-state index is 0.0490. The summed E-state index contributed by atoms with van der Waals surface area (Å²) in [6.07, 6.45) is -0.314. The molecule has 0 spiro atoms. The molecule has 0 aliphatic carbocycles. The number of hydrogen-bond acceptors (Lipinski definition) is 3. The largest absolute Gasteiger partial charge is 0.417 e. The Balaban J connectivity index is 2.06. The number of aromatic nitrogens is 3. The molecule has 0 unspecified atom stereocenters. The summed E-state index contributed by atoms with van der Waals surface area (Å²) >= 11 is 0. The van der Waals surface area contributed by atoms with E-state index in [4.69, 9.17) is 0 Å². The zero-order valence-corrected chi connectivity index (χ0v) is 12.2. The number of alkyl halides is 3. The minimum atomic E-state index is -4.43. The molecule has 0 fully saturated rings. The van der Waals surface area contributed by atoms with Crippen molar-refractivity contribution in [1.82, 2.24) is 19.9 Å². The molecular formula is C14H17F3N4O. The molecule has 0 radical (unpaired) electrons. The van der Waals surface area contributed by atoms with Crippen LogP contribution in [0.15, 0.2) is 18.3 Å². The number of carbonyl (C=O) groups excluding carboxylic acids is 1. The molecule has 0 saturated heterocycles. The fourth-order valence-electron chi connectivity index (χ4n) is 2.03. The van der Waals surface area contributed by atoms with Crippen molar-refractivity contribution in [2.24, 2.45) is 0 Å². The molecule has 2 aromatic heterocycles. The fourth-order valence-corrected chi connectivity index (χ4v) is 2.03. The predicted octanol–water partition coefficient (Wildman–Crippen LogP) is 2.94. The van der Waals surface area contributed by atoms with E-state index < -0.39 is 11.7 Å². The molecule has 2 heterocycles. The highest BCUT2D eigenvalue weighted by Gasteiger charge is 2.31. The SMILES string of the molecule is CCCCCC(=O)NCc1nnc2ccc(C(F)(F)F)cn12. The van der Waals surface area contributed by atoms with Gasteiger partial charge < -0.3 is 5.32 Å². The number of hydrogen-bond donors (Lipinski definition) is 1. The molecule has 1 amide bonds. The Morgan fingerprint density at radius 2 is 2.05 bits per heavy atom. The summed E-state index contributed by atoms with van der Waals surface area (Å²) in [6, 6.07) is 2.21. The van der Waals surface area contributed by atoms with E-state index in [-0.39, 0.29) is 18.3 Å². The lowest BCUT2D eigenvalue weighted by atomic mass is 10.2. The van der Waals surface area contributed by atoms with Crippen molar-refractivity contribution in [3.05, 3.63) is 29.7 Å². The van der Waals surface area contributed by atoms with Crippen molar-refractivity contribution in [1.29, 1.82) is 0 Å². The van der Waals surface area contributed by atoms with Gasteiger partial charge in [0.05, 0.1) is 12.1 Å². The maximum Gasteiger partial charge on any atom is 0.417 e. The van der Waals surface area contributed by atoms with E-state index in [1.807, 2.05) is 6.92 Å². The van der Waals surface area contributed by atoms with Gasteiger partial charge in [-0.15, -0.1) is 10.2 Å². The highest BCUT2D eigenvalue weighted by Crippen LogP contribution is 2.29. The summed E-state index contributed by atoms with van der Waals surface area (Å²) in [5.74, 6) is 0.127. The third kappa shape index (κ3) is 3.96. The first-order valence-electron chi connectivity index (χ1n) is 7.09. The van der Waals surface area contributed by atoms with Gasteiger partial charge in [-0.05, 0) is 18.6 Å². The molecule has 2 aromatic rings. The van der Waals surface area contributed by atoms with Crippen molar-refractivity contribution in [3.63, 3.8) is 0 Å². The molecule has 8 heteroatoms. The molecule has 0 atom stereocenters. The monoisotopic (exact) mass is 314 g/mol. The van der Waals surface area contributed by atoms with Crippen LogP contribution < -0.4 is 5.32 Å². The smallest absolute Gasteiger partial charge is 0.349 e. The summed E-state index contributed by atoms with van der Waals surface area (Å²) in [5, 5.41) is 10.3. The van der Waals surface area contributed by atoms with Crippen LogP contribution in [0.5, 0.6) is 0 Å². The number of halogens is 3. The average molecular weight is 314 g/mol. The third-order valence-electron chi connectivity index (χ3n) is 3.25. The lowest BCUT2D eigenvalue weighted by Gasteiger charge is -2.08. The number of unbranched alkanes of at least 4 members (excludes halogenated alkanes) is 2. The normalized spacial score (nSPS) is 11.8. The van der Waals surface area contributed by atoms with Crippen LogP contribution in [0.4, 0.5) is 13.2 Å². The number of carbonyl (C=O) groups is 1. The van der Waals surface area contributed by atoms with Gasteiger partial charge in [-0.2, -0.15) is 13.2 Å². The van der Waals surface area contributed by atoms with Crippen molar-refractivity contribution >= 4 is 11.6 Å². The Hall–Kier alpha value is -2.12. The van der Waals surface area contributed by atoms with E-state index in [1.54, 1.807) is 0 Å². The Kier molecular flexibility index (Phi) is 4.99. The van der Waals surface area contributed by atoms with Crippen LogP contribution in [0.3, 0.4) is 0 Å². The van der Waals surface area contributed by atoms with E-state index in [2.05, 4.69) is 15.5 Å². The molecule has 22 heavy (non-hydrogen) atoms. The quantitative estimate of drug-likeness (QED) is 0.834. The van der Waals surface area contributed by atoms with Crippen molar-refractivity contribution < 1.29 is 18.0 Å². The summed E-state index contributed by atoms with van der Waals surface area (Å²) in [7, 11) is 0. The first-order valence-corrected chi connectivity index (χ1v) is 7.09. The molecule has 120 valence electrons. The second kappa shape index (κ2) is 6.76. The highest BCUT2D eigenvalue weighted by molar-refractivity contribution is 5.75. The summed E-state index contributed by atoms with van der Waals surface area (Å²) in [5.41, 5.74) is -0.474. The predicted molar refractivity (Wildman–Crippen MR) is 74.0 cm³/mol. The van der Waals surface area contributed by atoms with E-state index in [1.165, 1.54) is 10.5 Å². The minimum Gasteiger partial charge on any atom is -0.349 e. The van der Waals surface area contributed by atoms with Crippen LogP contribution in [0.2, 0.25) is 0 Å². The van der Waals surface area contributed by atoms with Gasteiger partial charge in [0.1, 0.15) is 0 Å². The summed E-state index contributed by atoms with van der Waals surface area (Å²) in [6.45, 7) is 2.09. The van der Waals surface area contributed by atoms with Gasteiger partial charge in [0.2, 0.25) is 5.91 Å². The molecule has 0 aliphatic heterocycles. The number of nitrogens with one attached hydrogen (secondary N) is 1. The van der Waals surface area contributed by atoms with Gasteiger partial charge in [-0.1, -0.05) is 19.8 Å². The Labute approximate surface area is 125 Å². The van der Waals surface area contributed by atoms with Gasteiger partial charge >= 0.3 is 6.18 Å². The number of fused-ring (bicyclic) bond motifs is 1. The molecular weight excluding hydrogens is 297 g/mol. The molecule has 0 saturated carbocycles. The van der Waals surface area contributed by atoms with E-state index in [9.17, 15) is 18.0 Å². The van der Waals surface area contributed by atoms with E-state index in [0.717, 1.165) is 31.5 Å². The van der Waals surface area contributed by atoms with Crippen LogP contribution >= 0.6 is 0 Å². The number of nitrogens with zero attached hydrogens (tertiary/aromatic N) is 3. The Bertz CT molecular complexity index is 651. The maximum atomic E-state index is 12.7. The first-order chi connectivity index (χ1) is 10.4. The third-order valence-corrected chi connectivity index (χ3v) is 3.25. The maximum absolute atomic E-state index is 12.7. The second-order valence-corrected chi connectivity index (χ2v) is 4.99. The lowest BCUT2D eigenvalue weighted by molar-refractivity contribution is -0.137.